The molecule has 0 radical (unpaired) electrons. The Balaban J connectivity index is 1.58. The summed E-state index contributed by atoms with van der Waals surface area (Å²) in [6.45, 7) is 10.6. The molecular formula is C24H34O4. The Hall–Kier alpha value is -1.58. The van der Waals surface area contributed by atoms with E-state index in [1.54, 1.807) is 6.08 Å². The number of rotatable bonds is 2. The van der Waals surface area contributed by atoms with Gasteiger partial charge in [0.2, 0.25) is 0 Å². The molecule has 7 atom stereocenters. The SMILES string of the molecule is CC(C)OC(=O)O[C@H]1[C@H](C)C[C@H]2[C@@H]3CCC4=CC(=O)C=C[C@]4(C)[C@H]3CC[C@@]21C. The van der Waals surface area contributed by atoms with E-state index in [0.717, 1.165) is 32.1 Å². The van der Waals surface area contributed by atoms with Crippen molar-refractivity contribution >= 4 is 11.9 Å². The maximum Gasteiger partial charge on any atom is 0.508 e. The van der Waals surface area contributed by atoms with Gasteiger partial charge < -0.3 is 9.47 Å². The second kappa shape index (κ2) is 6.74. The van der Waals surface area contributed by atoms with Gasteiger partial charge in [-0.2, -0.15) is 0 Å². The van der Waals surface area contributed by atoms with Crippen molar-refractivity contribution in [2.24, 2.45) is 34.5 Å². The lowest BCUT2D eigenvalue weighted by atomic mass is 9.48. The van der Waals surface area contributed by atoms with E-state index < -0.39 is 6.16 Å². The molecule has 0 saturated heterocycles. The number of ketones is 1. The molecule has 0 aromatic rings. The van der Waals surface area contributed by atoms with Crippen LogP contribution in [0.5, 0.6) is 0 Å². The fraction of sp³-hybridized carbons (Fsp3) is 0.750. The number of carbonyl (C=O) groups excluding carboxylic acids is 2. The van der Waals surface area contributed by atoms with E-state index >= 15 is 0 Å². The summed E-state index contributed by atoms with van der Waals surface area (Å²) in [7, 11) is 0. The quantitative estimate of drug-likeness (QED) is 0.591. The summed E-state index contributed by atoms with van der Waals surface area (Å²) in [6, 6.07) is 0. The van der Waals surface area contributed by atoms with Crippen molar-refractivity contribution in [3.05, 3.63) is 23.8 Å². The van der Waals surface area contributed by atoms with Crippen LogP contribution in [0.25, 0.3) is 0 Å². The third kappa shape index (κ3) is 2.95. The van der Waals surface area contributed by atoms with Crippen LogP contribution in [0, 0.1) is 34.5 Å². The molecule has 0 aromatic heterocycles. The molecular weight excluding hydrogens is 352 g/mol. The van der Waals surface area contributed by atoms with Crippen molar-refractivity contribution in [3.8, 4) is 0 Å². The van der Waals surface area contributed by atoms with E-state index in [1.807, 2.05) is 19.9 Å². The first-order chi connectivity index (χ1) is 13.1. The third-order valence-corrected chi connectivity index (χ3v) is 8.34. The van der Waals surface area contributed by atoms with Crippen molar-refractivity contribution < 1.29 is 19.1 Å². The van der Waals surface area contributed by atoms with Crippen LogP contribution in [0.2, 0.25) is 0 Å². The molecule has 0 amide bonds. The maximum atomic E-state index is 12.2. The van der Waals surface area contributed by atoms with Crippen LogP contribution < -0.4 is 0 Å². The number of allylic oxidation sites excluding steroid dienone is 4. The van der Waals surface area contributed by atoms with Gasteiger partial charge in [-0.15, -0.1) is 0 Å². The van der Waals surface area contributed by atoms with Gasteiger partial charge in [-0.25, -0.2) is 4.79 Å². The van der Waals surface area contributed by atoms with Gasteiger partial charge in [-0.05, 0) is 81.8 Å². The molecule has 4 aliphatic rings. The van der Waals surface area contributed by atoms with E-state index in [2.05, 4.69) is 26.8 Å². The zero-order chi connectivity index (χ0) is 20.3. The summed E-state index contributed by atoms with van der Waals surface area (Å²) < 4.78 is 11.2. The molecule has 0 aliphatic heterocycles. The van der Waals surface area contributed by atoms with Crippen LogP contribution in [0.15, 0.2) is 23.8 Å². The van der Waals surface area contributed by atoms with E-state index in [-0.39, 0.29) is 28.8 Å². The average Bonchev–Trinajstić information content (AvgIpc) is 2.86. The lowest BCUT2D eigenvalue weighted by Crippen LogP contribution is -2.51. The Morgan fingerprint density at radius 1 is 1.21 bits per heavy atom. The molecule has 3 fully saturated rings. The van der Waals surface area contributed by atoms with Crippen LogP contribution in [-0.2, 0) is 14.3 Å². The number of hydrogen-bond donors (Lipinski definition) is 0. The highest BCUT2D eigenvalue weighted by Crippen LogP contribution is 2.65. The first kappa shape index (κ1) is 19.7. The minimum Gasteiger partial charge on any atom is -0.432 e. The van der Waals surface area contributed by atoms with E-state index in [4.69, 9.17) is 9.47 Å². The van der Waals surface area contributed by atoms with Crippen LogP contribution in [0.3, 0.4) is 0 Å². The fourth-order valence-electron chi connectivity index (χ4n) is 7.09. The molecule has 0 aromatic carbocycles. The van der Waals surface area contributed by atoms with Crippen LogP contribution in [0.1, 0.15) is 66.7 Å². The largest absolute Gasteiger partial charge is 0.508 e. The fourth-order valence-corrected chi connectivity index (χ4v) is 7.09. The monoisotopic (exact) mass is 386 g/mol. The molecule has 3 saturated carbocycles. The smallest absolute Gasteiger partial charge is 0.432 e. The van der Waals surface area contributed by atoms with Crippen LogP contribution in [0.4, 0.5) is 4.79 Å². The van der Waals surface area contributed by atoms with Crippen molar-refractivity contribution in [2.45, 2.75) is 78.9 Å². The summed E-state index contributed by atoms with van der Waals surface area (Å²) in [5.41, 5.74) is 1.35. The zero-order valence-corrected chi connectivity index (χ0v) is 17.9. The molecule has 0 N–H and O–H groups in total. The topological polar surface area (TPSA) is 52.6 Å². The third-order valence-electron chi connectivity index (χ3n) is 8.34. The molecule has 0 bridgehead atoms. The zero-order valence-electron chi connectivity index (χ0n) is 17.9. The number of ether oxygens (including phenoxy) is 2. The summed E-state index contributed by atoms with van der Waals surface area (Å²) in [6.07, 6.45) is 10.5. The normalized spacial score (nSPS) is 44.4. The second-order valence-corrected chi connectivity index (χ2v) is 10.3. The minimum atomic E-state index is -0.523. The van der Waals surface area contributed by atoms with E-state index in [0.29, 0.717) is 23.7 Å². The maximum absolute atomic E-state index is 12.2. The van der Waals surface area contributed by atoms with E-state index in [9.17, 15) is 9.59 Å². The molecule has 0 spiro atoms. The molecule has 4 aliphatic carbocycles. The van der Waals surface area contributed by atoms with Crippen molar-refractivity contribution in [1.82, 2.24) is 0 Å². The Bertz CT molecular complexity index is 735. The standard InChI is InChI=1S/C24H34O4/c1-14(2)27-22(26)28-21-15(3)12-20-18-7-6-16-13-17(25)8-10-23(16,4)19(18)9-11-24(20,21)5/h8,10,13-15,18-21H,6-7,9,11-12H2,1-5H3/t15-,18-,19+,20+,21+,23+,24+/m1/s1. The molecule has 154 valence electrons. The molecule has 4 nitrogen and oxygen atoms in total. The number of fused-ring (bicyclic) bond motifs is 5. The van der Waals surface area contributed by atoms with Crippen molar-refractivity contribution in [2.75, 3.05) is 0 Å². The van der Waals surface area contributed by atoms with Gasteiger partial charge in [0.25, 0.3) is 0 Å². The minimum absolute atomic E-state index is 0.0108. The predicted molar refractivity (Wildman–Crippen MR) is 108 cm³/mol. The second-order valence-electron chi connectivity index (χ2n) is 10.3. The Kier molecular flexibility index (Phi) is 4.75. The van der Waals surface area contributed by atoms with Crippen LogP contribution >= 0.6 is 0 Å². The summed E-state index contributed by atoms with van der Waals surface area (Å²) >= 11 is 0. The molecule has 4 rings (SSSR count). The molecule has 0 heterocycles. The van der Waals surface area contributed by atoms with Gasteiger partial charge in [0.05, 0.1) is 6.10 Å². The first-order valence-corrected chi connectivity index (χ1v) is 11.0. The molecule has 4 heteroatoms. The Morgan fingerprint density at radius 3 is 2.68 bits per heavy atom. The lowest BCUT2D eigenvalue weighted by Gasteiger charge is -2.56. The predicted octanol–water partition coefficient (Wildman–Crippen LogP) is 5.47. The van der Waals surface area contributed by atoms with Gasteiger partial charge in [-0.3, -0.25) is 4.79 Å². The highest BCUT2D eigenvalue weighted by atomic mass is 16.7. The van der Waals surface area contributed by atoms with Gasteiger partial charge in [0.1, 0.15) is 6.10 Å². The highest BCUT2D eigenvalue weighted by molar-refractivity contribution is 6.01. The highest BCUT2D eigenvalue weighted by Gasteiger charge is 2.61. The Morgan fingerprint density at radius 2 is 1.96 bits per heavy atom. The number of carbonyl (C=O) groups is 2. The van der Waals surface area contributed by atoms with Crippen LogP contribution in [-0.4, -0.2) is 24.1 Å². The lowest BCUT2D eigenvalue weighted by molar-refractivity contribution is -0.111. The molecule has 0 unspecified atom stereocenters. The summed E-state index contributed by atoms with van der Waals surface area (Å²) in [5, 5.41) is 0. The first-order valence-electron chi connectivity index (χ1n) is 11.0. The van der Waals surface area contributed by atoms with Gasteiger partial charge >= 0.3 is 6.16 Å². The van der Waals surface area contributed by atoms with Crippen molar-refractivity contribution in [1.29, 1.82) is 0 Å². The van der Waals surface area contributed by atoms with Gasteiger partial charge in [0.15, 0.2) is 5.78 Å². The van der Waals surface area contributed by atoms with Gasteiger partial charge in [0, 0.05) is 10.8 Å². The summed E-state index contributed by atoms with van der Waals surface area (Å²) in [5.74, 6) is 2.24. The molecule has 28 heavy (non-hydrogen) atoms. The average molecular weight is 387 g/mol. The number of hydrogen-bond acceptors (Lipinski definition) is 4. The Labute approximate surface area is 168 Å². The van der Waals surface area contributed by atoms with E-state index in [1.165, 1.54) is 5.57 Å². The van der Waals surface area contributed by atoms with Crippen molar-refractivity contribution in [3.63, 3.8) is 0 Å². The summed E-state index contributed by atoms with van der Waals surface area (Å²) in [4.78, 5) is 24.1. The van der Waals surface area contributed by atoms with Gasteiger partial charge in [-0.1, -0.05) is 32.4 Å².